The first-order chi connectivity index (χ1) is 14.4. The van der Waals surface area contributed by atoms with Crippen LogP contribution in [0.4, 0.5) is 0 Å². The van der Waals surface area contributed by atoms with Crippen molar-refractivity contribution in [2.75, 3.05) is 6.61 Å². The van der Waals surface area contributed by atoms with E-state index in [-0.39, 0.29) is 12.4 Å². The van der Waals surface area contributed by atoms with Crippen molar-refractivity contribution in [3.05, 3.63) is 93.5 Å². The molecule has 0 bridgehead atoms. The SMILES string of the molecule is Cc1cc(C)cc(OCC(=O)N/N=C\c2cc(Cc3ccccc3Cl)ccc2O)c1. The summed E-state index contributed by atoms with van der Waals surface area (Å²) in [5.74, 6) is 0.316. The molecule has 0 unspecified atom stereocenters. The van der Waals surface area contributed by atoms with Crippen molar-refractivity contribution in [3.8, 4) is 11.5 Å². The van der Waals surface area contributed by atoms with E-state index in [4.69, 9.17) is 16.3 Å². The predicted molar refractivity (Wildman–Crippen MR) is 120 cm³/mol. The van der Waals surface area contributed by atoms with E-state index >= 15 is 0 Å². The lowest BCUT2D eigenvalue weighted by molar-refractivity contribution is -0.123. The van der Waals surface area contributed by atoms with E-state index in [0.717, 1.165) is 22.3 Å². The van der Waals surface area contributed by atoms with Crippen LogP contribution in [0.2, 0.25) is 5.02 Å². The van der Waals surface area contributed by atoms with E-state index < -0.39 is 5.91 Å². The fourth-order valence-electron chi connectivity index (χ4n) is 3.05. The number of phenols is 1. The van der Waals surface area contributed by atoms with Crippen LogP contribution in [-0.2, 0) is 11.2 Å². The second-order valence-corrected chi connectivity index (χ2v) is 7.47. The van der Waals surface area contributed by atoms with E-state index in [1.807, 2.05) is 62.4 Å². The maximum Gasteiger partial charge on any atom is 0.277 e. The van der Waals surface area contributed by atoms with Crippen molar-refractivity contribution in [2.45, 2.75) is 20.3 Å². The Balaban J connectivity index is 1.58. The fourth-order valence-corrected chi connectivity index (χ4v) is 3.25. The van der Waals surface area contributed by atoms with Crippen molar-refractivity contribution >= 4 is 23.7 Å². The van der Waals surface area contributed by atoms with Gasteiger partial charge in [0.15, 0.2) is 6.61 Å². The number of benzene rings is 3. The number of hydrogen-bond donors (Lipinski definition) is 2. The highest BCUT2D eigenvalue weighted by Crippen LogP contribution is 2.22. The van der Waals surface area contributed by atoms with Crippen molar-refractivity contribution in [1.82, 2.24) is 5.43 Å². The van der Waals surface area contributed by atoms with Crippen LogP contribution in [0.15, 0.2) is 65.8 Å². The lowest BCUT2D eigenvalue weighted by Crippen LogP contribution is -2.24. The minimum atomic E-state index is -0.392. The number of ether oxygens (including phenoxy) is 1. The Morgan fingerprint density at radius 1 is 1.10 bits per heavy atom. The number of nitrogens with zero attached hydrogens (tertiary/aromatic N) is 1. The zero-order chi connectivity index (χ0) is 21.5. The third kappa shape index (κ3) is 6.09. The smallest absolute Gasteiger partial charge is 0.277 e. The first-order valence-electron chi connectivity index (χ1n) is 9.49. The van der Waals surface area contributed by atoms with Gasteiger partial charge < -0.3 is 9.84 Å². The maximum absolute atomic E-state index is 12.0. The molecule has 0 heterocycles. The van der Waals surface area contributed by atoms with Gasteiger partial charge in [-0.15, -0.1) is 0 Å². The Morgan fingerprint density at radius 2 is 1.83 bits per heavy atom. The van der Waals surface area contributed by atoms with Gasteiger partial charge in [-0.2, -0.15) is 5.10 Å². The normalized spacial score (nSPS) is 10.9. The molecule has 0 spiro atoms. The number of aryl methyl sites for hydroxylation is 2. The van der Waals surface area contributed by atoms with Gasteiger partial charge in [0.1, 0.15) is 11.5 Å². The van der Waals surface area contributed by atoms with Crippen molar-refractivity contribution < 1.29 is 14.6 Å². The molecule has 3 aromatic rings. The van der Waals surface area contributed by atoms with Crippen LogP contribution < -0.4 is 10.2 Å². The van der Waals surface area contributed by atoms with E-state index in [2.05, 4.69) is 10.5 Å². The quantitative estimate of drug-likeness (QED) is 0.425. The number of phenolic OH excluding ortho intramolecular Hbond substituents is 1. The number of nitrogens with one attached hydrogen (secondary N) is 1. The molecule has 154 valence electrons. The molecule has 0 aliphatic carbocycles. The molecule has 0 aromatic heterocycles. The summed E-state index contributed by atoms with van der Waals surface area (Å²) in [6, 6.07) is 18.6. The Bertz CT molecular complexity index is 1060. The maximum atomic E-state index is 12.0. The summed E-state index contributed by atoms with van der Waals surface area (Å²) >= 11 is 6.22. The van der Waals surface area contributed by atoms with Gasteiger partial charge >= 0.3 is 0 Å². The van der Waals surface area contributed by atoms with E-state index in [1.165, 1.54) is 6.21 Å². The minimum absolute atomic E-state index is 0.0717. The summed E-state index contributed by atoms with van der Waals surface area (Å²) < 4.78 is 5.50. The van der Waals surface area contributed by atoms with Crippen molar-refractivity contribution in [3.63, 3.8) is 0 Å². The van der Waals surface area contributed by atoms with Crippen LogP contribution in [0.5, 0.6) is 11.5 Å². The summed E-state index contributed by atoms with van der Waals surface area (Å²) in [5, 5.41) is 14.7. The Hall–Kier alpha value is -3.31. The van der Waals surface area contributed by atoms with E-state index in [1.54, 1.807) is 12.1 Å². The van der Waals surface area contributed by atoms with Crippen LogP contribution in [0.3, 0.4) is 0 Å². The number of hydrogen-bond acceptors (Lipinski definition) is 4. The number of rotatable bonds is 7. The number of amides is 1. The molecule has 0 saturated heterocycles. The van der Waals surface area contributed by atoms with Crippen LogP contribution in [-0.4, -0.2) is 23.8 Å². The predicted octanol–water partition coefficient (Wildman–Crippen LogP) is 4.78. The standard InChI is InChI=1S/C24H23ClN2O3/c1-16-9-17(2)11-21(10-16)30-15-24(29)27-26-14-20-13-18(7-8-23(20)28)12-19-5-3-4-6-22(19)25/h3-11,13-14,28H,12,15H2,1-2H3,(H,27,29)/b26-14-. The summed E-state index contributed by atoms with van der Waals surface area (Å²) in [4.78, 5) is 12.0. The zero-order valence-corrected chi connectivity index (χ0v) is 17.6. The average Bonchev–Trinajstić information content (AvgIpc) is 2.70. The summed E-state index contributed by atoms with van der Waals surface area (Å²) in [7, 11) is 0. The molecule has 3 aromatic carbocycles. The molecule has 3 rings (SSSR count). The zero-order valence-electron chi connectivity index (χ0n) is 16.9. The summed E-state index contributed by atoms with van der Waals surface area (Å²) in [5.41, 5.74) is 6.99. The van der Waals surface area contributed by atoms with Gasteiger partial charge in [-0.1, -0.05) is 41.9 Å². The van der Waals surface area contributed by atoms with Gasteiger partial charge in [-0.3, -0.25) is 4.79 Å². The Labute approximate surface area is 181 Å². The molecule has 2 N–H and O–H groups in total. The highest BCUT2D eigenvalue weighted by Gasteiger charge is 2.06. The molecule has 6 heteroatoms. The molecule has 0 aliphatic heterocycles. The third-order valence-corrected chi connectivity index (χ3v) is 4.77. The lowest BCUT2D eigenvalue weighted by Gasteiger charge is -2.08. The van der Waals surface area contributed by atoms with Gasteiger partial charge in [0.2, 0.25) is 0 Å². The molecule has 0 fully saturated rings. The van der Waals surface area contributed by atoms with Crippen molar-refractivity contribution in [2.24, 2.45) is 5.10 Å². The number of aromatic hydroxyl groups is 1. The van der Waals surface area contributed by atoms with Gasteiger partial charge in [-0.25, -0.2) is 5.43 Å². The molecular weight excluding hydrogens is 400 g/mol. The number of carbonyl (C=O) groups excluding carboxylic acids is 1. The Kier molecular flexibility index (Phi) is 7.09. The minimum Gasteiger partial charge on any atom is -0.507 e. The number of carbonyl (C=O) groups is 1. The first-order valence-corrected chi connectivity index (χ1v) is 9.87. The fraction of sp³-hybridized carbons (Fsp3) is 0.167. The molecule has 5 nitrogen and oxygen atoms in total. The monoisotopic (exact) mass is 422 g/mol. The van der Waals surface area contributed by atoms with Gasteiger partial charge in [-0.05, 0) is 72.9 Å². The summed E-state index contributed by atoms with van der Waals surface area (Å²) in [6.07, 6.45) is 2.02. The van der Waals surface area contributed by atoms with E-state index in [9.17, 15) is 9.90 Å². The largest absolute Gasteiger partial charge is 0.507 e. The number of halogens is 1. The topological polar surface area (TPSA) is 70.9 Å². The third-order valence-electron chi connectivity index (χ3n) is 4.40. The highest BCUT2D eigenvalue weighted by atomic mass is 35.5. The average molecular weight is 423 g/mol. The lowest BCUT2D eigenvalue weighted by atomic mass is 10.0. The molecule has 1 amide bonds. The summed E-state index contributed by atoms with van der Waals surface area (Å²) in [6.45, 7) is 3.78. The Morgan fingerprint density at radius 3 is 2.57 bits per heavy atom. The van der Waals surface area contributed by atoms with Crippen molar-refractivity contribution in [1.29, 1.82) is 0 Å². The second-order valence-electron chi connectivity index (χ2n) is 7.07. The van der Waals surface area contributed by atoms with E-state index in [0.29, 0.717) is 22.8 Å². The number of hydrazone groups is 1. The van der Waals surface area contributed by atoms with Crippen LogP contribution >= 0.6 is 11.6 Å². The van der Waals surface area contributed by atoms with Gasteiger partial charge in [0.25, 0.3) is 5.91 Å². The molecule has 30 heavy (non-hydrogen) atoms. The van der Waals surface area contributed by atoms with Gasteiger partial charge in [0.05, 0.1) is 6.21 Å². The molecule has 0 saturated carbocycles. The van der Waals surface area contributed by atoms with Crippen LogP contribution in [0, 0.1) is 13.8 Å². The molecule has 0 atom stereocenters. The molecule has 0 radical (unpaired) electrons. The molecular formula is C24H23ClN2O3. The van der Waals surface area contributed by atoms with Crippen LogP contribution in [0.25, 0.3) is 0 Å². The second kappa shape index (κ2) is 9.94. The molecule has 0 aliphatic rings. The highest BCUT2D eigenvalue weighted by molar-refractivity contribution is 6.31. The van der Waals surface area contributed by atoms with Crippen LogP contribution in [0.1, 0.15) is 27.8 Å². The first kappa shape index (κ1) is 21.4. The van der Waals surface area contributed by atoms with Gasteiger partial charge in [0, 0.05) is 10.6 Å².